The van der Waals surface area contributed by atoms with Gasteiger partial charge in [-0.15, -0.1) is 0 Å². The maximum atomic E-state index is 11.9. The molecule has 1 aromatic rings. The molecule has 21 heavy (non-hydrogen) atoms. The molecule has 0 fully saturated rings. The van der Waals surface area contributed by atoms with Gasteiger partial charge in [-0.2, -0.15) is 0 Å². The molecule has 0 aliphatic carbocycles. The lowest BCUT2D eigenvalue weighted by Gasteiger charge is -2.08. The first kappa shape index (κ1) is 16.7. The number of nitro benzene ring substituents is 1. The SMILES string of the molecule is CNc1ccc(S(=O)(=O)NCCOC(N)=O)cc1[N+](=O)[O-]. The summed E-state index contributed by atoms with van der Waals surface area (Å²) in [7, 11) is -2.47. The Hall–Kier alpha value is -2.40. The molecule has 0 aliphatic rings. The number of primary amides is 1. The molecule has 0 heterocycles. The van der Waals surface area contributed by atoms with Crippen molar-refractivity contribution in [2.45, 2.75) is 4.90 Å². The van der Waals surface area contributed by atoms with Crippen LogP contribution >= 0.6 is 0 Å². The Labute approximate surface area is 120 Å². The number of ether oxygens (including phenoxy) is 1. The maximum Gasteiger partial charge on any atom is 0.404 e. The molecule has 10 nitrogen and oxygen atoms in total. The van der Waals surface area contributed by atoms with Crippen LogP contribution in [0.3, 0.4) is 0 Å². The van der Waals surface area contributed by atoms with Gasteiger partial charge in [-0.05, 0) is 12.1 Å². The lowest BCUT2D eigenvalue weighted by Crippen LogP contribution is -2.29. The van der Waals surface area contributed by atoms with Gasteiger partial charge >= 0.3 is 6.09 Å². The summed E-state index contributed by atoms with van der Waals surface area (Å²) < 4.78 is 30.3. The number of rotatable bonds is 7. The fourth-order valence-electron chi connectivity index (χ4n) is 1.45. The Balaban J connectivity index is 2.90. The van der Waals surface area contributed by atoms with Gasteiger partial charge in [0.05, 0.1) is 9.82 Å². The molecule has 1 aromatic carbocycles. The minimum atomic E-state index is -3.95. The number of sulfonamides is 1. The van der Waals surface area contributed by atoms with Crippen LogP contribution in [0.1, 0.15) is 0 Å². The number of benzene rings is 1. The van der Waals surface area contributed by atoms with Crippen molar-refractivity contribution in [3.05, 3.63) is 28.3 Å². The van der Waals surface area contributed by atoms with Crippen molar-refractivity contribution in [3.8, 4) is 0 Å². The Kier molecular flexibility index (Phi) is 5.44. The third-order valence-corrected chi connectivity index (χ3v) is 3.84. The minimum Gasteiger partial charge on any atom is -0.448 e. The second kappa shape index (κ2) is 6.85. The van der Waals surface area contributed by atoms with Crippen molar-refractivity contribution in [3.63, 3.8) is 0 Å². The molecule has 116 valence electrons. The van der Waals surface area contributed by atoms with E-state index in [0.29, 0.717) is 0 Å². The third-order valence-electron chi connectivity index (χ3n) is 2.38. The molecule has 0 atom stereocenters. The van der Waals surface area contributed by atoms with E-state index < -0.39 is 21.0 Å². The van der Waals surface area contributed by atoms with Gasteiger partial charge in [0.1, 0.15) is 12.3 Å². The van der Waals surface area contributed by atoms with E-state index in [9.17, 15) is 23.3 Å². The number of hydrogen-bond donors (Lipinski definition) is 3. The van der Waals surface area contributed by atoms with E-state index in [1.807, 2.05) is 0 Å². The Morgan fingerprint density at radius 1 is 1.48 bits per heavy atom. The number of amides is 1. The highest BCUT2D eigenvalue weighted by Gasteiger charge is 2.20. The molecule has 0 radical (unpaired) electrons. The first-order chi connectivity index (χ1) is 9.77. The number of nitrogens with one attached hydrogen (secondary N) is 2. The maximum absolute atomic E-state index is 11.9. The number of carbonyl (C=O) groups is 1. The zero-order valence-electron chi connectivity index (χ0n) is 11.0. The van der Waals surface area contributed by atoms with Crippen molar-refractivity contribution < 1.29 is 22.9 Å². The predicted octanol–water partition coefficient (Wildman–Crippen LogP) is 0.0101. The van der Waals surface area contributed by atoms with Gasteiger partial charge in [0.2, 0.25) is 10.0 Å². The summed E-state index contributed by atoms with van der Waals surface area (Å²) in [5.74, 6) is 0. The van der Waals surface area contributed by atoms with Gasteiger partial charge in [0.15, 0.2) is 0 Å². The highest BCUT2D eigenvalue weighted by Crippen LogP contribution is 2.26. The second-order valence-electron chi connectivity index (χ2n) is 3.75. The predicted molar refractivity (Wildman–Crippen MR) is 73.4 cm³/mol. The standard InChI is InChI=1S/C10H14N4O6S/c1-12-8-3-2-7(6-9(8)14(16)17)21(18,19)13-4-5-20-10(11)15/h2-3,6,12-13H,4-5H2,1H3,(H2,11,15). The summed E-state index contributed by atoms with van der Waals surface area (Å²) in [5, 5.41) is 13.5. The van der Waals surface area contributed by atoms with Crippen molar-refractivity contribution in [2.75, 3.05) is 25.5 Å². The molecule has 0 spiro atoms. The van der Waals surface area contributed by atoms with Crippen LogP contribution in [-0.4, -0.2) is 39.6 Å². The average molecular weight is 318 g/mol. The minimum absolute atomic E-state index is 0.191. The second-order valence-corrected chi connectivity index (χ2v) is 5.52. The van der Waals surface area contributed by atoms with Crippen LogP contribution < -0.4 is 15.8 Å². The number of anilines is 1. The van der Waals surface area contributed by atoms with E-state index in [2.05, 4.69) is 14.8 Å². The van der Waals surface area contributed by atoms with Gasteiger partial charge < -0.3 is 15.8 Å². The number of nitrogens with two attached hydrogens (primary N) is 1. The highest BCUT2D eigenvalue weighted by atomic mass is 32.2. The first-order valence-electron chi connectivity index (χ1n) is 5.66. The van der Waals surface area contributed by atoms with Gasteiger partial charge in [-0.25, -0.2) is 17.9 Å². The monoisotopic (exact) mass is 318 g/mol. The molecule has 4 N–H and O–H groups in total. The van der Waals surface area contributed by atoms with E-state index in [0.717, 1.165) is 6.07 Å². The van der Waals surface area contributed by atoms with E-state index in [1.165, 1.54) is 19.2 Å². The summed E-state index contributed by atoms with van der Waals surface area (Å²) in [6.07, 6.45) is -1.02. The van der Waals surface area contributed by atoms with Crippen LogP contribution in [0.4, 0.5) is 16.2 Å². The summed E-state index contributed by atoms with van der Waals surface area (Å²) in [4.78, 5) is 20.2. The largest absolute Gasteiger partial charge is 0.448 e. The molecule has 0 aliphatic heterocycles. The normalized spacial score (nSPS) is 10.9. The highest BCUT2D eigenvalue weighted by molar-refractivity contribution is 7.89. The zero-order chi connectivity index (χ0) is 16.0. The van der Waals surface area contributed by atoms with Crippen LogP contribution in [0.2, 0.25) is 0 Å². The summed E-state index contributed by atoms with van der Waals surface area (Å²) in [5.41, 5.74) is 4.54. The van der Waals surface area contributed by atoms with E-state index >= 15 is 0 Å². The van der Waals surface area contributed by atoms with Crippen LogP contribution in [-0.2, 0) is 14.8 Å². The molecular weight excluding hydrogens is 304 g/mol. The molecular formula is C10H14N4O6S. The lowest BCUT2D eigenvalue weighted by molar-refractivity contribution is -0.384. The number of hydrogen-bond acceptors (Lipinski definition) is 7. The van der Waals surface area contributed by atoms with Crippen molar-refractivity contribution in [1.82, 2.24) is 4.72 Å². The third kappa shape index (κ3) is 4.57. The van der Waals surface area contributed by atoms with E-state index in [-0.39, 0.29) is 29.4 Å². The van der Waals surface area contributed by atoms with Gasteiger partial charge in [0, 0.05) is 19.7 Å². The Morgan fingerprint density at radius 2 is 2.14 bits per heavy atom. The first-order valence-corrected chi connectivity index (χ1v) is 7.14. The summed E-state index contributed by atoms with van der Waals surface area (Å²) >= 11 is 0. The van der Waals surface area contributed by atoms with Crippen LogP contribution in [0, 0.1) is 10.1 Å². The van der Waals surface area contributed by atoms with E-state index in [1.54, 1.807) is 0 Å². The zero-order valence-corrected chi connectivity index (χ0v) is 11.8. The fraction of sp³-hybridized carbons (Fsp3) is 0.300. The molecule has 0 unspecified atom stereocenters. The quantitative estimate of drug-likeness (QED) is 0.363. The van der Waals surface area contributed by atoms with Crippen LogP contribution in [0.5, 0.6) is 0 Å². The van der Waals surface area contributed by atoms with E-state index in [4.69, 9.17) is 5.73 Å². The van der Waals surface area contributed by atoms with Gasteiger partial charge in [-0.1, -0.05) is 0 Å². The topological polar surface area (TPSA) is 154 Å². The molecule has 0 saturated heterocycles. The Morgan fingerprint density at radius 3 is 2.67 bits per heavy atom. The molecule has 1 rings (SSSR count). The van der Waals surface area contributed by atoms with Crippen molar-refractivity contribution in [2.24, 2.45) is 5.73 Å². The summed E-state index contributed by atoms with van der Waals surface area (Å²) in [6.45, 7) is -0.446. The smallest absolute Gasteiger partial charge is 0.404 e. The lowest BCUT2D eigenvalue weighted by atomic mass is 10.3. The van der Waals surface area contributed by atoms with Crippen molar-refractivity contribution >= 4 is 27.5 Å². The molecule has 0 bridgehead atoms. The van der Waals surface area contributed by atoms with Crippen LogP contribution in [0.25, 0.3) is 0 Å². The van der Waals surface area contributed by atoms with Crippen molar-refractivity contribution in [1.29, 1.82) is 0 Å². The van der Waals surface area contributed by atoms with Gasteiger partial charge in [0.25, 0.3) is 5.69 Å². The average Bonchev–Trinajstić information content (AvgIpc) is 2.42. The number of nitrogens with zero attached hydrogens (tertiary/aromatic N) is 1. The fourth-order valence-corrected chi connectivity index (χ4v) is 2.48. The summed E-state index contributed by atoms with van der Waals surface area (Å²) in [6, 6.07) is 3.44. The molecule has 0 saturated carbocycles. The molecule has 11 heteroatoms. The molecule has 1 amide bonds. The van der Waals surface area contributed by atoms with Gasteiger partial charge in [-0.3, -0.25) is 10.1 Å². The number of carbonyl (C=O) groups excluding carboxylic acids is 1. The Bertz CT molecular complexity index is 645. The molecule has 0 aromatic heterocycles. The number of nitro groups is 1. The van der Waals surface area contributed by atoms with Crippen LogP contribution in [0.15, 0.2) is 23.1 Å².